The molecule has 0 saturated carbocycles. The Hall–Kier alpha value is -3.76. The highest BCUT2D eigenvalue weighted by Gasteiger charge is 2.20. The van der Waals surface area contributed by atoms with Crippen LogP contribution in [0.15, 0.2) is 67.0 Å². The molecule has 10 heteroatoms. The molecule has 0 aliphatic heterocycles. The average Bonchev–Trinajstić information content (AvgIpc) is 2.84. The standard InChI is InChI=1S/C24H27N5O4S/c1-3-29(4-2)23(30)21-12-6-11-20(22(21)28-34(32)33)18-9-5-10-19(14-18)27-24(31)26-16-17-8-7-13-25-15-17/h5-15,28H,3-4,16H2,1-2H3,(H,32,33)(H2,26,27,31)/p-1. The van der Waals surface area contributed by atoms with Crippen molar-refractivity contribution >= 4 is 34.6 Å². The van der Waals surface area contributed by atoms with Crippen LogP contribution in [0.5, 0.6) is 0 Å². The van der Waals surface area contributed by atoms with E-state index in [1.54, 1.807) is 65.8 Å². The third-order valence-corrected chi connectivity index (χ3v) is 5.51. The van der Waals surface area contributed by atoms with Gasteiger partial charge >= 0.3 is 6.03 Å². The highest BCUT2D eigenvalue weighted by Crippen LogP contribution is 2.33. The molecular formula is C24H26N5O4S-. The van der Waals surface area contributed by atoms with Crippen molar-refractivity contribution in [2.24, 2.45) is 0 Å². The number of nitrogens with zero attached hydrogens (tertiary/aromatic N) is 2. The number of pyridine rings is 1. The van der Waals surface area contributed by atoms with Crippen LogP contribution in [0.1, 0.15) is 29.8 Å². The summed E-state index contributed by atoms with van der Waals surface area (Å²) >= 11 is -2.64. The lowest BCUT2D eigenvalue weighted by Crippen LogP contribution is -2.31. The number of hydrogen-bond donors (Lipinski definition) is 3. The molecule has 0 aliphatic carbocycles. The molecule has 3 aromatic rings. The van der Waals surface area contributed by atoms with Crippen molar-refractivity contribution in [3.05, 3.63) is 78.1 Å². The smallest absolute Gasteiger partial charge is 0.319 e. The maximum atomic E-state index is 13.0. The van der Waals surface area contributed by atoms with E-state index in [0.717, 1.165) is 5.56 Å². The van der Waals surface area contributed by atoms with Crippen molar-refractivity contribution in [2.45, 2.75) is 20.4 Å². The van der Waals surface area contributed by atoms with Crippen LogP contribution in [0.25, 0.3) is 11.1 Å². The van der Waals surface area contributed by atoms with Gasteiger partial charge in [0.25, 0.3) is 5.91 Å². The van der Waals surface area contributed by atoms with Crippen LogP contribution in [0, 0.1) is 0 Å². The summed E-state index contributed by atoms with van der Waals surface area (Å²) in [5.74, 6) is -0.274. The first-order valence-electron chi connectivity index (χ1n) is 10.7. The fourth-order valence-corrected chi connectivity index (χ4v) is 3.86. The predicted octanol–water partition coefficient (Wildman–Crippen LogP) is 3.76. The lowest BCUT2D eigenvalue weighted by atomic mass is 9.99. The number of rotatable bonds is 9. The fourth-order valence-electron chi connectivity index (χ4n) is 3.47. The summed E-state index contributed by atoms with van der Waals surface area (Å²) in [5, 5.41) is 5.53. The van der Waals surface area contributed by atoms with Gasteiger partial charge in [-0.05, 0) is 49.2 Å². The number of aromatic nitrogens is 1. The second kappa shape index (κ2) is 11.9. The van der Waals surface area contributed by atoms with Gasteiger partial charge in [0.1, 0.15) is 0 Å². The van der Waals surface area contributed by atoms with Gasteiger partial charge in [0.2, 0.25) is 0 Å². The topological polar surface area (TPSA) is 126 Å². The molecular weight excluding hydrogens is 454 g/mol. The summed E-state index contributed by atoms with van der Waals surface area (Å²) < 4.78 is 25.4. The number of hydrogen-bond acceptors (Lipinski definition) is 5. The zero-order valence-corrected chi connectivity index (χ0v) is 19.7. The van der Waals surface area contributed by atoms with Crippen LogP contribution < -0.4 is 15.4 Å². The minimum absolute atomic E-state index is 0.186. The molecule has 0 spiro atoms. The first-order chi connectivity index (χ1) is 16.4. The zero-order valence-electron chi connectivity index (χ0n) is 18.9. The lowest BCUT2D eigenvalue weighted by Gasteiger charge is -2.23. The molecule has 0 saturated heterocycles. The van der Waals surface area contributed by atoms with Gasteiger partial charge in [-0.2, -0.15) is 0 Å². The van der Waals surface area contributed by atoms with Crippen LogP contribution in [0.3, 0.4) is 0 Å². The molecule has 0 radical (unpaired) electrons. The molecule has 1 heterocycles. The molecule has 178 valence electrons. The van der Waals surface area contributed by atoms with Gasteiger partial charge in [-0.1, -0.05) is 30.3 Å². The van der Waals surface area contributed by atoms with E-state index < -0.39 is 17.3 Å². The number of carbonyl (C=O) groups excluding carboxylic acids is 2. The second-order valence-corrected chi connectivity index (χ2v) is 7.97. The maximum Gasteiger partial charge on any atom is 0.319 e. The number of para-hydroxylation sites is 1. The Labute approximate surface area is 201 Å². The number of amides is 3. The van der Waals surface area contributed by atoms with E-state index in [1.165, 1.54) is 0 Å². The van der Waals surface area contributed by atoms with E-state index in [9.17, 15) is 18.4 Å². The predicted molar refractivity (Wildman–Crippen MR) is 132 cm³/mol. The van der Waals surface area contributed by atoms with Crippen molar-refractivity contribution in [3.63, 3.8) is 0 Å². The normalized spacial score (nSPS) is 11.4. The highest BCUT2D eigenvalue weighted by molar-refractivity contribution is 7.80. The molecule has 3 N–H and O–H groups in total. The molecule has 34 heavy (non-hydrogen) atoms. The minimum atomic E-state index is -2.64. The number of carbonyl (C=O) groups is 2. The van der Waals surface area contributed by atoms with Crippen molar-refractivity contribution < 1.29 is 18.4 Å². The quantitative estimate of drug-likeness (QED) is 0.402. The van der Waals surface area contributed by atoms with Gasteiger partial charge in [-0.25, -0.2) is 4.79 Å². The molecule has 1 atom stereocenters. The van der Waals surface area contributed by atoms with Crippen LogP contribution >= 0.6 is 0 Å². The molecule has 1 aromatic heterocycles. The van der Waals surface area contributed by atoms with E-state index in [4.69, 9.17) is 0 Å². The monoisotopic (exact) mass is 480 g/mol. The SMILES string of the molecule is CCN(CC)C(=O)c1cccc(-c2cccc(NC(=O)NCc3cccnc3)c2)c1NS(=O)[O-]. The average molecular weight is 481 g/mol. The Morgan fingerprint density at radius 3 is 2.50 bits per heavy atom. The van der Waals surface area contributed by atoms with Gasteiger partial charge < -0.3 is 24.8 Å². The summed E-state index contributed by atoms with van der Waals surface area (Å²) in [5.41, 5.74) is 2.95. The Morgan fingerprint density at radius 1 is 1.06 bits per heavy atom. The lowest BCUT2D eigenvalue weighted by molar-refractivity contribution is 0.0774. The Morgan fingerprint density at radius 2 is 1.82 bits per heavy atom. The van der Waals surface area contributed by atoms with E-state index in [2.05, 4.69) is 20.3 Å². The van der Waals surface area contributed by atoms with Crippen molar-refractivity contribution in [2.75, 3.05) is 23.1 Å². The molecule has 3 amide bonds. The molecule has 2 aromatic carbocycles. The van der Waals surface area contributed by atoms with Crippen LogP contribution in [-0.2, 0) is 17.8 Å². The van der Waals surface area contributed by atoms with Crippen LogP contribution in [0.2, 0.25) is 0 Å². The van der Waals surface area contributed by atoms with E-state index >= 15 is 0 Å². The fraction of sp³-hybridized carbons (Fsp3) is 0.208. The van der Waals surface area contributed by atoms with Gasteiger partial charge in [0.05, 0.1) is 11.3 Å². The third kappa shape index (κ3) is 6.40. The highest BCUT2D eigenvalue weighted by atomic mass is 32.2. The largest absolute Gasteiger partial charge is 0.755 e. The first-order valence-corrected chi connectivity index (χ1v) is 11.8. The summed E-state index contributed by atoms with van der Waals surface area (Å²) in [6.45, 7) is 5.02. The summed E-state index contributed by atoms with van der Waals surface area (Å²) in [6, 6.07) is 15.2. The maximum absolute atomic E-state index is 13.0. The summed E-state index contributed by atoms with van der Waals surface area (Å²) in [7, 11) is 0. The van der Waals surface area contributed by atoms with E-state index in [1.807, 2.05) is 19.9 Å². The summed E-state index contributed by atoms with van der Waals surface area (Å²) in [6.07, 6.45) is 3.33. The Bertz CT molecular complexity index is 1170. The molecule has 0 fully saturated rings. The number of anilines is 2. The van der Waals surface area contributed by atoms with Gasteiger partial charge in [0.15, 0.2) is 0 Å². The summed E-state index contributed by atoms with van der Waals surface area (Å²) in [4.78, 5) is 31.0. The third-order valence-electron chi connectivity index (χ3n) is 5.14. The van der Waals surface area contributed by atoms with Gasteiger partial charge in [-0.15, -0.1) is 0 Å². The molecule has 0 bridgehead atoms. The molecule has 1 unspecified atom stereocenters. The molecule has 3 rings (SSSR count). The first kappa shape index (κ1) is 24.9. The Balaban J connectivity index is 1.87. The van der Waals surface area contributed by atoms with Gasteiger partial charge in [-0.3, -0.25) is 14.0 Å². The number of benzene rings is 2. The van der Waals surface area contributed by atoms with Crippen molar-refractivity contribution in [1.29, 1.82) is 0 Å². The van der Waals surface area contributed by atoms with E-state index in [0.29, 0.717) is 36.4 Å². The number of urea groups is 1. The second-order valence-electron chi connectivity index (χ2n) is 7.29. The van der Waals surface area contributed by atoms with Crippen molar-refractivity contribution in [3.8, 4) is 11.1 Å². The van der Waals surface area contributed by atoms with Crippen LogP contribution in [-0.4, -0.2) is 43.7 Å². The van der Waals surface area contributed by atoms with Crippen molar-refractivity contribution in [1.82, 2.24) is 15.2 Å². The molecule has 9 nitrogen and oxygen atoms in total. The van der Waals surface area contributed by atoms with E-state index in [-0.39, 0.29) is 17.2 Å². The molecule has 0 aliphatic rings. The number of nitrogens with one attached hydrogen (secondary N) is 3. The van der Waals surface area contributed by atoms with Crippen LogP contribution in [0.4, 0.5) is 16.2 Å². The van der Waals surface area contributed by atoms with Gasteiger partial charge in [0, 0.05) is 54.5 Å². The Kier molecular flexibility index (Phi) is 8.72. The minimum Gasteiger partial charge on any atom is -0.755 e. The zero-order chi connectivity index (χ0) is 24.5.